The Morgan fingerprint density at radius 1 is 1.21 bits per heavy atom. The van der Waals surface area contributed by atoms with Gasteiger partial charge in [0.15, 0.2) is 0 Å². The maximum atomic E-state index is 13.1. The molecule has 19 heavy (non-hydrogen) atoms. The van der Waals surface area contributed by atoms with Gasteiger partial charge in [-0.25, -0.2) is 8.78 Å². The molecule has 1 fully saturated rings. The molecule has 2 rings (SSSR count). The maximum Gasteiger partial charge on any atom is 0.126 e. The average molecular weight is 269 g/mol. The summed E-state index contributed by atoms with van der Waals surface area (Å²) in [5.74, 6) is -1.27. The van der Waals surface area contributed by atoms with Crippen molar-refractivity contribution in [2.45, 2.75) is 44.8 Å². The highest BCUT2D eigenvalue weighted by Crippen LogP contribution is 2.28. The Hall–Kier alpha value is -1.00. The van der Waals surface area contributed by atoms with Crippen LogP contribution in [-0.4, -0.2) is 29.1 Å². The van der Waals surface area contributed by atoms with Crippen molar-refractivity contribution in [1.29, 1.82) is 0 Å². The zero-order valence-electron chi connectivity index (χ0n) is 11.3. The third-order valence-corrected chi connectivity index (χ3v) is 3.53. The molecule has 0 saturated heterocycles. The summed E-state index contributed by atoms with van der Waals surface area (Å²) < 4.78 is 26.2. The molecule has 1 aliphatic rings. The number of halogens is 2. The van der Waals surface area contributed by atoms with Gasteiger partial charge in [-0.2, -0.15) is 0 Å². The normalized spacial score (nSPS) is 16.9. The number of rotatable bonds is 7. The Morgan fingerprint density at radius 2 is 1.84 bits per heavy atom. The second-order valence-corrected chi connectivity index (χ2v) is 5.27. The van der Waals surface area contributed by atoms with Crippen LogP contribution in [0.4, 0.5) is 8.78 Å². The first kappa shape index (κ1) is 14.4. The Morgan fingerprint density at radius 3 is 2.37 bits per heavy atom. The lowest BCUT2D eigenvalue weighted by Gasteiger charge is -2.22. The molecule has 1 unspecified atom stereocenters. The lowest BCUT2D eigenvalue weighted by atomic mass is 10.1. The first-order valence-electron chi connectivity index (χ1n) is 6.98. The second kappa shape index (κ2) is 6.44. The molecule has 106 valence electrons. The van der Waals surface area contributed by atoms with Gasteiger partial charge in [0.2, 0.25) is 0 Å². The molecule has 1 N–H and O–H groups in total. The number of benzene rings is 1. The molecule has 0 aromatic heterocycles. The highest BCUT2D eigenvalue weighted by molar-refractivity contribution is 5.20. The lowest BCUT2D eigenvalue weighted by Crippen LogP contribution is -2.29. The quantitative estimate of drug-likeness (QED) is 0.821. The van der Waals surface area contributed by atoms with E-state index in [1.165, 1.54) is 25.0 Å². The van der Waals surface area contributed by atoms with Gasteiger partial charge in [-0.05, 0) is 49.9 Å². The van der Waals surface area contributed by atoms with E-state index in [2.05, 4.69) is 11.8 Å². The zero-order valence-corrected chi connectivity index (χ0v) is 11.3. The van der Waals surface area contributed by atoms with E-state index >= 15 is 0 Å². The molecular formula is C15H21F2NO. The Bertz CT molecular complexity index is 400. The van der Waals surface area contributed by atoms with Crippen molar-refractivity contribution in [2.24, 2.45) is 0 Å². The number of aliphatic hydroxyl groups excluding tert-OH is 1. The van der Waals surface area contributed by atoms with E-state index in [1.54, 1.807) is 0 Å². The van der Waals surface area contributed by atoms with Gasteiger partial charge in [0.05, 0.1) is 6.10 Å². The smallest absolute Gasteiger partial charge is 0.126 e. The number of nitrogens with zero attached hydrogens (tertiary/aromatic N) is 1. The van der Waals surface area contributed by atoms with E-state index in [0.717, 1.165) is 25.6 Å². The summed E-state index contributed by atoms with van der Waals surface area (Å²) in [6.45, 7) is 3.93. The van der Waals surface area contributed by atoms with Crippen molar-refractivity contribution in [3.63, 3.8) is 0 Å². The van der Waals surface area contributed by atoms with Crippen molar-refractivity contribution in [2.75, 3.05) is 13.1 Å². The molecule has 0 spiro atoms. The predicted molar refractivity (Wildman–Crippen MR) is 70.8 cm³/mol. The Labute approximate surface area is 113 Å². The monoisotopic (exact) mass is 269 g/mol. The van der Waals surface area contributed by atoms with Gasteiger partial charge in [-0.3, -0.25) is 0 Å². The largest absolute Gasteiger partial charge is 0.388 e. The number of hydrogen-bond donors (Lipinski definition) is 1. The molecular weight excluding hydrogens is 248 g/mol. The molecule has 4 heteroatoms. The van der Waals surface area contributed by atoms with E-state index in [9.17, 15) is 13.9 Å². The van der Waals surface area contributed by atoms with Crippen LogP contribution in [0.1, 0.15) is 44.3 Å². The van der Waals surface area contributed by atoms with Gasteiger partial charge in [-0.1, -0.05) is 6.92 Å². The summed E-state index contributed by atoms with van der Waals surface area (Å²) in [6, 6.07) is 3.88. The lowest BCUT2D eigenvalue weighted by molar-refractivity contribution is 0.138. The molecule has 2 nitrogen and oxygen atoms in total. The van der Waals surface area contributed by atoms with Crippen molar-refractivity contribution in [1.82, 2.24) is 4.90 Å². The summed E-state index contributed by atoms with van der Waals surface area (Å²) in [5.41, 5.74) is 0.324. The second-order valence-electron chi connectivity index (χ2n) is 5.27. The molecule has 0 amide bonds. The van der Waals surface area contributed by atoms with Crippen LogP contribution < -0.4 is 0 Å². The zero-order chi connectivity index (χ0) is 13.8. The summed E-state index contributed by atoms with van der Waals surface area (Å²) in [7, 11) is 0. The third kappa shape index (κ3) is 4.25. The highest BCUT2D eigenvalue weighted by Gasteiger charge is 2.28. The number of aliphatic hydroxyl groups is 1. The summed E-state index contributed by atoms with van der Waals surface area (Å²) >= 11 is 0. The van der Waals surface area contributed by atoms with E-state index in [0.29, 0.717) is 18.0 Å². The van der Waals surface area contributed by atoms with Crippen molar-refractivity contribution in [3.8, 4) is 0 Å². The van der Waals surface area contributed by atoms with Crippen LogP contribution in [0.3, 0.4) is 0 Å². The fourth-order valence-corrected chi connectivity index (χ4v) is 2.43. The van der Waals surface area contributed by atoms with Crippen molar-refractivity contribution < 1.29 is 13.9 Å². The van der Waals surface area contributed by atoms with E-state index < -0.39 is 17.7 Å². The van der Waals surface area contributed by atoms with Gasteiger partial charge < -0.3 is 10.0 Å². The Balaban J connectivity index is 1.90. The molecule has 0 aliphatic heterocycles. The molecule has 0 bridgehead atoms. The third-order valence-electron chi connectivity index (χ3n) is 3.53. The first-order chi connectivity index (χ1) is 9.10. The fourth-order valence-electron chi connectivity index (χ4n) is 2.43. The van der Waals surface area contributed by atoms with Gasteiger partial charge in [-0.15, -0.1) is 0 Å². The first-order valence-corrected chi connectivity index (χ1v) is 6.98. The molecule has 1 aromatic carbocycles. The van der Waals surface area contributed by atoms with Crippen LogP contribution in [-0.2, 0) is 0 Å². The van der Waals surface area contributed by atoms with Gasteiger partial charge in [0, 0.05) is 18.7 Å². The van der Waals surface area contributed by atoms with Crippen LogP contribution in [0.15, 0.2) is 18.2 Å². The van der Waals surface area contributed by atoms with Crippen LogP contribution in [0, 0.1) is 11.6 Å². The van der Waals surface area contributed by atoms with Crippen LogP contribution in [0.5, 0.6) is 0 Å². The number of hydrogen-bond acceptors (Lipinski definition) is 2. The maximum absolute atomic E-state index is 13.1. The van der Waals surface area contributed by atoms with Gasteiger partial charge in [0.25, 0.3) is 0 Å². The minimum Gasteiger partial charge on any atom is -0.388 e. The van der Waals surface area contributed by atoms with E-state index in [4.69, 9.17) is 0 Å². The fraction of sp³-hybridized carbons (Fsp3) is 0.600. The van der Waals surface area contributed by atoms with Crippen molar-refractivity contribution >= 4 is 0 Å². The minimum absolute atomic E-state index is 0.324. The van der Waals surface area contributed by atoms with Crippen LogP contribution >= 0.6 is 0 Å². The molecule has 1 atom stereocenters. The van der Waals surface area contributed by atoms with E-state index in [1.807, 2.05) is 0 Å². The van der Waals surface area contributed by atoms with Gasteiger partial charge in [0.1, 0.15) is 11.6 Å². The molecule has 1 aliphatic carbocycles. The summed E-state index contributed by atoms with van der Waals surface area (Å²) in [4.78, 5) is 2.36. The highest BCUT2D eigenvalue weighted by atomic mass is 19.1. The average Bonchev–Trinajstić information content (AvgIpc) is 3.17. The predicted octanol–water partition coefficient (Wildman–Crippen LogP) is 3.26. The standard InChI is InChI=1S/C15H21F2NO/c1-2-6-18(14-3-4-14)7-5-15(19)11-8-12(16)10-13(17)9-11/h8-10,14-15,19H,2-7H2,1H3. The van der Waals surface area contributed by atoms with Crippen molar-refractivity contribution in [3.05, 3.63) is 35.4 Å². The van der Waals surface area contributed by atoms with Gasteiger partial charge >= 0.3 is 0 Å². The topological polar surface area (TPSA) is 23.5 Å². The molecule has 0 heterocycles. The minimum atomic E-state index is -0.802. The Kier molecular flexibility index (Phi) is 4.88. The van der Waals surface area contributed by atoms with Crippen LogP contribution in [0.25, 0.3) is 0 Å². The molecule has 1 aromatic rings. The summed E-state index contributed by atoms with van der Waals surface area (Å²) in [5, 5.41) is 10.0. The molecule has 1 saturated carbocycles. The SMILES string of the molecule is CCCN(CCC(O)c1cc(F)cc(F)c1)C1CC1. The summed E-state index contributed by atoms with van der Waals surface area (Å²) in [6.07, 6.45) is 3.25. The van der Waals surface area contributed by atoms with E-state index in [-0.39, 0.29) is 0 Å². The van der Waals surface area contributed by atoms with Crippen LogP contribution in [0.2, 0.25) is 0 Å². The molecule has 0 radical (unpaired) electrons.